The van der Waals surface area contributed by atoms with Crippen molar-refractivity contribution >= 4 is 23.1 Å². The van der Waals surface area contributed by atoms with Crippen LogP contribution in [0.15, 0.2) is 36.7 Å². The lowest BCUT2D eigenvalue weighted by molar-refractivity contribution is 1.05. The Morgan fingerprint density at radius 1 is 1.12 bits per heavy atom. The fourth-order valence-corrected chi connectivity index (χ4v) is 1.66. The summed E-state index contributed by atoms with van der Waals surface area (Å²) in [5, 5.41) is 0.493. The summed E-state index contributed by atoms with van der Waals surface area (Å²) >= 11 is 5.97. The van der Waals surface area contributed by atoms with Crippen LogP contribution in [0.1, 0.15) is 5.56 Å². The second-order valence-electron chi connectivity index (χ2n) is 3.51. The molecule has 0 atom stereocenters. The number of rotatable bonds is 2. The second-order valence-corrected chi connectivity index (χ2v) is 3.87. The molecule has 1 aromatic carbocycles. The van der Waals surface area contributed by atoms with E-state index in [9.17, 15) is 0 Å². The summed E-state index contributed by atoms with van der Waals surface area (Å²) < 4.78 is 0. The first-order valence-electron chi connectivity index (χ1n) is 4.96. The van der Waals surface area contributed by atoms with Gasteiger partial charge in [0.15, 0.2) is 0 Å². The molecule has 0 bridgehead atoms. The van der Waals surface area contributed by atoms with Gasteiger partial charge in [-0.3, -0.25) is 0 Å². The van der Waals surface area contributed by atoms with Crippen LogP contribution >= 0.6 is 11.6 Å². The predicted octanol–water partition coefficient (Wildman–Crippen LogP) is 3.21. The van der Waals surface area contributed by atoms with E-state index in [0.717, 1.165) is 17.1 Å². The van der Waals surface area contributed by atoms with E-state index in [1.165, 1.54) is 6.33 Å². The fourth-order valence-electron chi connectivity index (χ4n) is 1.53. The number of anilines is 2. The third kappa shape index (κ3) is 1.99. The Morgan fingerprint density at radius 3 is 2.50 bits per heavy atom. The molecule has 0 N–H and O–H groups in total. The van der Waals surface area contributed by atoms with Crippen molar-refractivity contribution in [2.24, 2.45) is 0 Å². The Hall–Kier alpha value is -1.61. The maximum atomic E-state index is 5.97. The third-order valence-electron chi connectivity index (χ3n) is 2.46. The van der Waals surface area contributed by atoms with Crippen molar-refractivity contribution in [1.29, 1.82) is 0 Å². The SMILES string of the molecule is Cc1c(Cl)ncnc1N(C)c1ccccc1. The molecule has 82 valence electrons. The second kappa shape index (κ2) is 4.49. The molecule has 0 fully saturated rings. The number of hydrogen-bond donors (Lipinski definition) is 0. The van der Waals surface area contributed by atoms with Crippen molar-refractivity contribution in [1.82, 2.24) is 9.97 Å². The van der Waals surface area contributed by atoms with Crippen LogP contribution in [0, 0.1) is 6.92 Å². The molecule has 0 aliphatic carbocycles. The minimum Gasteiger partial charge on any atom is -0.329 e. The molecule has 0 aliphatic heterocycles. The van der Waals surface area contributed by atoms with Gasteiger partial charge in [0, 0.05) is 18.3 Å². The molecule has 0 spiro atoms. The highest BCUT2D eigenvalue weighted by molar-refractivity contribution is 6.30. The van der Waals surface area contributed by atoms with Gasteiger partial charge in [-0.1, -0.05) is 29.8 Å². The van der Waals surface area contributed by atoms with E-state index in [2.05, 4.69) is 9.97 Å². The molecule has 0 unspecified atom stereocenters. The molecule has 0 amide bonds. The Balaban J connectivity index is 2.42. The minimum atomic E-state index is 0.493. The molecule has 3 nitrogen and oxygen atoms in total. The maximum absolute atomic E-state index is 5.97. The van der Waals surface area contributed by atoms with Crippen LogP contribution in [0.4, 0.5) is 11.5 Å². The van der Waals surface area contributed by atoms with Crippen LogP contribution < -0.4 is 4.90 Å². The first kappa shape index (κ1) is 10.9. The first-order valence-corrected chi connectivity index (χ1v) is 5.34. The van der Waals surface area contributed by atoms with Gasteiger partial charge in [-0.15, -0.1) is 0 Å². The molecule has 4 heteroatoms. The lowest BCUT2D eigenvalue weighted by Crippen LogP contribution is -2.13. The van der Waals surface area contributed by atoms with Crippen LogP contribution in [0.5, 0.6) is 0 Å². The van der Waals surface area contributed by atoms with Crippen molar-refractivity contribution in [3.8, 4) is 0 Å². The lowest BCUT2D eigenvalue weighted by atomic mass is 10.2. The summed E-state index contributed by atoms with van der Waals surface area (Å²) in [5.41, 5.74) is 1.95. The minimum absolute atomic E-state index is 0.493. The van der Waals surface area contributed by atoms with E-state index in [-0.39, 0.29) is 0 Å². The van der Waals surface area contributed by atoms with Crippen LogP contribution in [0.3, 0.4) is 0 Å². The van der Waals surface area contributed by atoms with Gasteiger partial charge in [0.25, 0.3) is 0 Å². The van der Waals surface area contributed by atoms with Gasteiger partial charge in [0.05, 0.1) is 0 Å². The summed E-state index contributed by atoms with van der Waals surface area (Å²) in [5.74, 6) is 0.825. The van der Waals surface area contributed by atoms with Gasteiger partial charge >= 0.3 is 0 Å². The van der Waals surface area contributed by atoms with E-state index in [4.69, 9.17) is 11.6 Å². The topological polar surface area (TPSA) is 29.0 Å². The molecule has 0 radical (unpaired) electrons. The number of para-hydroxylation sites is 1. The van der Waals surface area contributed by atoms with Gasteiger partial charge in [0.2, 0.25) is 0 Å². The van der Waals surface area contributed by atoms with Gasteiger partial charge in [-0.2, -0.15) is 0 Å². The molecule has 2 rings (SSSR count). The predicted molar refractivity (Wildman–Crippen MR) is 66.3 cm³/mol. The normalized spacial score (nSPS) is 10.2. The third-order valence-corrected chi connectivity index (χ3v) is 2.84. The van der Waals surface area contributed by atoms with E-state index >= 15 is 0 Å². The Morgan fingerprint density at radius 2 is 1.81 bits per heavy atom. The van der Waals surface area contributed by atoms with E-state index in [0.29, 0.717) is 5.15 Å². The smallest absolute Gasteiger partial charge is 0.140 e. The molecule has 0 aliphatic rings. The summed E-state index contributed by atoms with van der Waals surface area (Å²) in [6, 6.07) is 10.0. The monoisotopic (exact) mass is 233 g/mol. The van der Waals surface area contributed by atoms with Gasteiger partial charge in [-0.25, -0.2) is 9.97 Å². The van der Waals surface area contributed by atoms with E-state index < -0.39 is 0 Å². The van der Waals surface area contributed by atoms with Crippen molar-refractivity contribution in [2.45, 2.75) is 6.92 Å². The fraction of sp³-hybridized carbons (Fsp3) is 0.167. The lowest BCUT2D eigenvalue weighted by Gasteiger charge is -2.20. The zero-order valence-electron chi connectivity index (χ0n) is 9.18. The average Bonchev–Trinajstić information content (AvgIpc) is 2.33. The highest BCUT2D eigenvalue weighted by atomic mass is 35.5. The largest absolute Gasteiger partial charge is 0.329 e. The molecular formula is C12H12ClN3. The number of hydrogen-bond acceptors (Lipinski definition) is 3. The van der Waals surface area contributed by atoms with Gasteiger partial charge in [0.1, 0.15) is 17.3 Å². The van der Waals surface area contributed by atoms with E-state index in [1.54, 1.807) is 0 Å². The standard InChI is InChI=1S/C12H12ClN3/c1-9-11(13)14-8-15-12(9)16(2)10-6-4-3-5-7-10/h3-8H,1-2H3. The molecule has 2 aromatic rings. The van der Waals surface area contributed by atoms with Gasteiger partial charge < -0.3 is 4.90 Å². The molecule has 0 saturated heterocycles. The maximum Gasteiger partial charge on any atom is 0.140 e. The average molecular weight is 234 g/mol. The Kier molecular flexibility index (Phi) is 3.06. The van der Waals surface area contributed by atoms with Crippen LogP contribution in [-0.4, -0.2) is 17.0 Å². The van der Waals surface area contributed by atoms with Crippen molar-refractivity contribution in [3.63, 3.8) is 0 Å². The van der Waals surface area contributed by atoms with Crippen LogP contribution in [0.25, 0.3) is 0 Å². The summed E-state index contributed by atoms with van der Waals surface area (Å²) in [6.07, 6.45) is 1.48. The zero-order valence-corrected chi connectivity index (χ0v) is 9.94. The van der Waals surface area contributed by atoms with Crippen LogP contribution in [0.2, 0.25) is 5.15 Å². The van der Waals surface area contributed by atoms with Crippen molar-refractivity contribution < 1.29 is 0 Å². The summed E-state index contributed by atoms with van der Waals surface area (Å²) in [4.78, 5) is 10.2. The van der Waals surface area contributed by atoms with Crippen LogP contribution in [-0.2, 0) is 0 Å². The number of aromatic nitrogens is 2. The molecule has 0 saturated carbocycles. The quantitative estimate of drug-likeness (QED) is 0.746. The number of benzene rings is 1. The number of nitrogens with zero attached hydrogens (tertiary/aromatic N) is 3. The van der Waals surface area contributed by atoms with Crippen molar-refractivity contribution in [3.05, 3.63) is 47.4 Å². The zero-order chi connectivity index (χ0) is 11.5. The first-order chi connectivity index (χ1) is 7.70. The Bertz CT molecular complexity index is 485. The molecule has 16 heavy (non-hydrogen) atoms. The molecule has 1 heterocycles. The summed E-state index contributed by atoms with van der Waals surface area (Å²) in [7, 11) is 1.96. The van der Waals surface area contributed by atoms with Crippen molar-refractivity contribution in [2.75, 3.05) is 11.9 Å². The molecule has 1 aromatic heterocycles. The highest BCUT2D eigenvalue weighted by Gasteiger charge is 2.10. The summed E-state index contributed by atoms with van der Waals surface area (Å²) in [6.45, 7) is 1.91. The van der Waals surface area contributed by atoms with E-state index in [1.807, 2.05) is 49.2 Å². The number of halogens is 1. The molecular weight excluding hydrogens is 222 g/mol. The highest BCUT2D eigenvalue weighted by Crippen LogP contribution is 2.26. The van der Waals surface area contributed by atoms with Gasteiger partial charge in [-0.05, 0) is 19.1 Å². The Labute approximate surface area is 99.7 Å².